The van der Waals surface area contributed by atoms with Gasteiger partial charge < -0.3 is 20.5 Å². The Hall–Kier alpha value is -1.26. The molecule has 0 spiro atoms. The summed E-state index contributed by atoms with van der Waals surface area (Å²) in [5.41, 5.74) is 7.65. The first-order chi connectivity index (χ1) is 8.61. The molecule has 1 aromatic carbocycles. The van der Waals surface area contributed by atoms with Crippen molar-refractivity contribution in [3.8, 4) is 5.75 Å². The molecule has 100 valence electrons. The zero-order valence-corrected chi connectivity index (χ0v) is 11.1. The monoisotopic (exact) mass is 250 g/mol. The van der Waals surface area contributed by atoms with Gasteiger partial charge in [0, 0.05) is 43.6 Å². The number of benzene rings is 1. The van der Waals surface area contributed by atoms with Gasteiger partial charge in [-0.15, -0.1) is 0 Å². The van der Waals surface area contributed by atoms with Gasteiger partial charge in [0.1, 0.15) is 5.75 Å². The van der Waals surface area contributed by atoms with E-state index >= 15 is 0 Å². The summed E-state index contributed by atoms with van der Waals surface area (Å²) in [6.07, 6.45) is 2.44. The number of methoxy groups -OCH3 is 1. The molecule has 0 aromatic heterocycles. The summed E-state index contributed by atoms with van der Waals surface area (Å²) in [6.45, 7) is 3.81. The molecule has 0 saturated carbocycles. The molecule has 1 atom stereocenters. The second-order valence-electron chi connectivity index (χ2n) is 4.95. The van der Waals surface area contributed by atoms with Crippen LogP contribution in [-0.2, 0) is 4.74 Å². The lowest BCUT2D eigenvalue weighted by molar-refractivity contribution is 0.0819. The Morgan fingerprint density at radius 2 is 2.06 bits per heavy atom. The highest BCUT2D eigenvalue weighted by atomic mass is 16.5. The van der Waals surface area contributed by atoms with Crippen LogP contribution in [-0.4, -0.2) is 31.4 Å². The molecule has 4 heteroatoms. The van der Waals surface area contributed by atoms with Crippen molar-refractivity contribution in [1.82, 2.24) is 0 Å². The quantitative estimate of drug-likeness (QED) is 0.861. The molecule has 1 aliphatic rings. The molecule has 1 fully saturated rings. The molecule has 0 amide bonds. The molecule has 4 nitrogen and oxygen atoms in total. The number of piperidine rings is 1. The number of phenols is 1. The summed E-state index contributed by atoms with van der Waals surface area (Å²) < 4.78 is 5.36. The summed E-state index contributed by atoms with van der Waals surface area (Å²) in [7, 11) is 1.77. The van der Waals surface area contributed by atoms with E-state index in [2.05, 4.69) is 4.90 Å². The summed E-state index contributed by atoms with van der Waals surface area (Å²) in [4.78, 5) is 2.28. The van der Waals surface area contributed by atoms with Crippen molar-refractivity contribution >= 4 is 5.69 Å². The first kappa shape index (κ1) is 13.2. The van der Waals surface area contributed by atoms with Crippen LogP contribution in [0.4, 0.5) is 5.69 Å². The van der Waals surface area contributed by atoms with Crippen molar-refractivity contribution < 1.29 is 9.84 Å². The average molecular weight is 250 g/mol. The number of hydrogen-bond acceptors (Lipinski definition) is 4. The minimum Gasteiger partial charge on any atom is -0.508 e. The molecule has 1 unspecified atom stereocenters. The van der Waals surface area contributed by atoms with E-state index in [4.69, 9.17) is 10.5 Å². The first-order valence-electron chi connectivity index (χ1n) is 6.48. The highest BCUT2D eigenvalue weighted by molar-refractivity contribution is 5.54. The van der Waals surface area contributed by atoms with Crippen LogP contribution in [0.3, 0.4) is 0 Å². The average Bonchev–Trinajstić information content (AvgIpc) is 2.38. The summed E-state index contributed by atoms with van der Waals surface area (Å²) >= 11 is 0. The van der Waals surface area contributed by atoms with Gasteiger partial charge in [0.05, 0.1) is 6.10 Å². The van der Waals surface area contributed by atoms with E-state index in [1.54, 1.807) is 7.11 Å². The smallest absolute Gasteiger partial charge is 0.122 e. The Morgan fingerprint density at radius 1 is 1.39 bits per heavy atom. The predicted octanol–water partition coefficient (Wildman–Crippen LogP) is 2.03. The molecule has 1 saturated heterocycles. The van der Waals surface area contributed by atoms with Crippen molar-refractivity contribution in [2.45, 2.75) is 31.9 Å². The fourth-order valence-electron chi connectivity index (χ4n) is 2.46. The number of nitrogens with two attached hydrogens (primary N) is 1. The van der Waals surface area contributed by atoms with Gasteiger partial charge in [-0.3, -0.25) is 0 Å². The molecule has 1 heterocycles. The number of hydrogen-bond donors (Lipinski definition) is 2. The maximum atomic E-state index is 9.96. The van der Waals surface area contributed by atoms with E-state index in [1.165, 1.54) is 0 Å². The fraction of sp³-hybridized carbons (Fsp3) is 0.571. The topological polar surface area (TPSA) is 58.7 Å². The Morgan fingerprint density at radius 3 is 2.56 bits per heavy atom. The summed E-state index contributed by atoms with van der Waals surface area (Å²) in [6, 6.07) is 5.62. The SMILES string of the molecule is COC1CCN(c2ccc(C(C)N)c(O)c2)CC1. The van der Waals surface area contributed by atoms with E-state index in [0.29, 0.717) is 6.10 Å². The van der Waals surface area contributed by atoms with Crippen LogP contribution >= 0.6 is 0 Å². The zero-order chi connectivity index (χ0) is 13.1. The predicted molar refractivity (Wildman–Crippen MR) is 73.0 cm³/mol. The van der Waals surface area contributed by atoms with Gasteiger partial charge >= 0.3 is 0 Å². The normalized spacial score (nSPS) is 18.9. The second kappa shape index (κ2) is 5.59. The number of nitrogens with zero attached hydrogens (tertiary/aromatic N) is 1. The van der Waals surface area contributed by atoms with Gasteiger partial charge in [-0.25, -0.2) is 0 Å². The Bertz CT molecular complexity index is 399. The molecule has 2 rings (SSSR count). The molecule has 1 aliphatic heterocycles. The molecular weight excluding hydrogens is 228 g/mol. The van der Waals surface area contributed by atoms with Crippen molar-refractivity contribution in [2.75, 3.05) is 25.1 Å². The van der Waals surface area contributed by atoms with Gasteiger partial charge in [0.15, 0.2) is 0 Å². The molecule has 18 heavy (non-hydrogen) atoms. The van der Waals surface area contributed by atoms with Crippen molar-refractivity contribution in [3.63, 3.8) is 0 Å². The molecule has 0 radical (unpaired) electrons. The number of anilines is 1. The van der Waals surface area contributed by atoms with E-state index in [0.717, 1.165) is 37.2 Å². The van der Waals surface area contributed by atoms with Gasteiger partial charge in [-0.2, -0.15) is 0 Å². The van der Waals surface area contributed by atoms with E-state index in [1.807, 2.05) is 25.1 Å². The van der Waals surface area contributed by atoms with Crippen LogP contribution < -0.4 is 10.6 Å². The lowest BCUT2D eigenvalue weighted by atomic mass is 10.0. The van der Waals surface area contributed by atoms with E-state index in [9.17, 15) is 5.11 Å². The van der Waals surface area contributed by atoms with Crippen LogP contribution in [0.15, 0.2) is 18.2 Å². The molecule has 3 N–H and O–H groups in total. The van der Waals surface area contributed by atoms with Crippen LogP contribution in [0.1, 0.15) is 31.4 Å². The number of aromatic hydroxyl groups is 1. The third kappa shape index (κ3) is 2.76. The van der Waals surface area contributed by atoms with E-state index in [-0.39, 0.29) is 11.8 Å². The molecule has 1 aromatic rings. The largest absolute Gasteiger partial charge is 0.508 e. The third-order valence-corrected chi connectivity index (χ3v) is 3.65. The van der Waals surface area contributed by atoms with Crippen LogP contribution in [0.2, 0.25) is 0 Å². The maximum Gasteiger partial charge on any atom is 0.122 e. The van der Waals surface area contributed by atoms with Gasteiger partial charge in [0.2, 0.25) is 0 Å². The van der Waals surface area contributed by atoms with Crippen LogP contribution in [0.5, 0.6) is 5.75 Å². The third-order valence-electron chi connectivity index (χ3n) is 3.65. The Kier molecular flexibility index (Phi) is 4.09. The van der Waals surface area contributed by atoms with Crippen molar-refractivity contribution in [1.29, 1.82) is 0 Å². The Balaban J connectivity index is 2.08. The lowest BCUT2D eigenvalue weighted by Gasteiger charge is -2.33. The highest BCUT2D eigenvalue weighted by Gasteiger charge is 2.19. The standard InChI is InChI=1S/C14H22N2O2/c1-10(15)13-4-3-11(9-14(13)17)16-7-5-12(18-2)6-8-16/h3-4,9-10,12,17H,5-8,15H2,1-2H3. The zero-order valence-electron chi connectivity index (χ0n) is 11.1. The minimum absolute atomic E-state index is 0.140. The number of ether oxygens (including phenoxy) is 1. The molecule has 0 bridgehead atoms. The van der Waals surface area contributed by atoms with Crippen LogP contribution in [0, 0.1) is 0 Å². The number of rotatable bonds is 3. The summed E-state index contributed by atoms with van der Waals surface area (Å²) in [5, 5.41) is 9.96. The van der Waals surface area contributed by atoms with E-state index < -0.39 is 0 Å². The van der Waals surface area contributed by atoms with Gasteiger partial charge in [0.25, 0.3) is 0 Å². The van der Waals surface area contributed by atoms with Gasteiger partial charge in [-0.05, 0) is 25.8 Å². The highest BCUT2D eigenvalue weighted by Crippen LogP contribution is 2.29. The number of phenolic OH excluding ortho intramolecular Hbond substituents is 1. The summed E-state index contributed by atoms with van der Waals surface area (Å²) in [5.74, 6) is 0.288. The van der Waals surface area contributed by atoms with Crippen LogP contribution in [0.25, 0.3) is 0 Å². The lowest BCUT2D eigenvalue weighted by Crippen LogP contribution is -2.36. The first-order valence-corrected chi connectivity index (χ1v) is 6.48. The second-order valence-corrected chi connectivity index (χ2v) is 4.95. The van der Waals surface area contributed by atoms with Crippen molar-refractivity contribution in [3.05, 3.63) is 23.8 Å². The molecule has 0 aliphatic carbocycles. The van der Waals surface area contributed by atoms with Gasteiger partial charge in [-0.1, -0.05) is 6.07 Å². The molecular formula is C14H22N2O2. The maximum absolute atomic E-state index is 9.96. The fourth-order valence-corrected chi connectivity index (χ4v) is 2.46. The Labute approximate surface area is 108 Å². The van der Waals surface area contributed by atoms with Crippen molar-refractivity contribution in [2.24, 2.45) is 5.73 Å². The minimum atomic E-state index is -0.140.